The third kappa shape index (κ3) is 30.0. The van der Waals surface area contributed by atoms with Crippen LogP contribution in [0.1, 0.15) is 79.1 Å². The fourth-order valence-electron chi connectivity index (χ4n) is 3.44. The van der Waals surface area contributed by atoms with E-state index in [1.165, 1.54) is 38.5 Å². The predicted octanol–water partition coefficient (Wildman–Crippen LogP) is 3.36. The van der Waals surface area contributed by atoms with Gasteiger partial charge in [-0.1, -0.05) is 66.2 Å². The molecule has 0 amide bonds. The summed E-state index contributed by atoms with van der Waals surface area (Å²) in [5.41, 5.74) is 0. The summed E-state index contributed by atoms with van der Waals surface area (Å²) in [4.78, 5) is 0. The van der Waals surface area contributed by atoms with Crippen molar-refractivity contribution in [3.63, 3.8) is 0 Å². The first kappa shape index (κ1) is 36.2. The molecule has 0 saturated heterocycles. The SMILES string of the molecule is CC(C)CCCCCOCC(O)CNCCNCCNCC(O)COCCCCCC(C)C.Cl. The van der Waals surface area contributed by atoms with Crippen LogP contribution >= 0.6 is 12.4 Å². The second kappa shape index (κ2) is 27.6. The first-order valence-electron chi connectivity index (χ1n) is 13.6. The monoisotopic (exact) mass is 511 g/mol. The highest BCUT2D eigenvalue weighted by atomic mass is 35.5. The molecule has 0 aromatic carbocycles. The standard InChI is InChI=1S/C26H57N3O4.ClH/c1-23(2)11-7-5-9-17-32-21-25(30)19-28-15-13-27-14-16-29-20-26(31)22-33-18-10-6-8-12-24(3)4;/h23-31H,5-22H2,1-4H3;1H. The maximum absolute atomic E-state index is 9.93. The van der Waals surface area contributed by atoms with Gasteiger partial charge in [0.15, 0.2) is 0 Å². The van der Waals surface area contributed by atoms with Crippen molar-refractivity contribution in [2.24, 2.45) is 11.8 Å². The molecular formula is C26H58ClN3O4. The van der Waals surface area contributed by atoms with Gasteiger partial charge in [-0.15, -0.1) is 12.4 Å². The van der Waals surface area contributed by atoms with Crippen LogP contribution in [0.25, 0.3) is 0 Å². The van der Waals surface area contributed by atoms with E-state index in [2.05, 4.69) is 43.6 Å². The number of hydrogen-bond acceptors (Lipinski definition) is 7. The van der Waals surface area contributed by atoms with Crippen LogP contribution in [0.3, 0.4) is 0 Å². The van der Waals surface area contributed by atoms with Crippen LogP contribution in [0, 0.1) is 11.8 Å². The average molecular weight is 512 g/mol. The molecule has 0 aromatic rings. The minimum atomic E-state index is -0.453. The van der Waals surface area contributed by atoms with E-state index in [9.17, 15) is 10.2 Å². The molecule has 0 fully saturated rings. The number of rotatable bonds is 26. The van der Waals surface area contributed by atoms with Crippen molar-refractivity contribution >= 4 is 12.4 Å². The summed E-state index contributed by atoms with van der Waals surface area (Å²) >= 11 is 0. The molecule has 2 unspecified atom stereocenters. The quantitative estimate of drug-likeness (QED) is 0.114. The van der Waals surface area contributed by atoms with Gasteiger partial charge in [0.1, 0.15) is 0 Å². The van der Waals surface area contributed by atoms with E-state index in [1.54, 1.807) is 0 Å². The first-order valence-corrected chi connectivity index (χ1v) is 13.6. The van der Waals surface area contributed by atoms with Crippen molar-refractivity contribution in [3.8, 4) is 0 Å². The molecule has 0 saturated carbocycles. The molecule has 0 spiro atoms. The molecule has 208 valence electrons. The summed E-state index contributed by atoms with van der Waals surface area (Å²) in [6.45, 7) is 15.7. The summed E-state index contributed by atoms with van der Waals surface area (Å²) in [5.74, 6) is 1.56. The molecule has 8 heteroatoms. The van der Waals surface area contributed by atoms with Crippen LogP contribution in [-0.4, -0.2) is 88.1 Å². The van der Waals surface area contributed by atoms with Gasteiger partial charge in [-0.05, 0) is 24.7 Å². The second-order valence-electron chi connectivity index (χ2n) is 10.1. The number of aliphatic hydroxyl groups is 2. The molecule has 0 radical (unpaired) electrons. The molecule has 0 aliphatic carbocycles. The number of aliphatic hydroxyl groups excluding tert-OH is 2. The Bertz CT molecular complexity index is 359. The summed E-state index contributed by atoms with van der Waals surface area (Å²) < 4.78 is 11.1. The minimum absolute atomic E-state index is 0. The Morgan fingerprint density at radius 2 is 0.941 bits per heavy atom. The molecular weight excluding hydrogens is 454 g/mol. The molecule has 34 heavy (non-hydrogen) atoms. The van der Waals surface area contributed by atoms with Crippen molar-refractivity contribution in [1.29, 1.82) is 0 Å². The number of nitrogens with one attached hydrogen (secondary N) is 3. The van der Waals surface area contributed by atoms with Crippen molar-refractivity contribution in [2.45, 2.75) is 91.3 Å². The lowest BCUT2D eigenvalue weighted by molar-refractivity contribution is 0.0353. The van der Waals surface area contributed by atoms with Gasteiger partial charge >= 0.3 is 0 Å². The lowest BCUT2D eigenvalue weighted by Crippen LogP contribution is -2.38. The molecule has 0 bridgehead atoms. The normalized spacial score (nSPS) is 13.4. The molecule has 0 aliphatic rings. The molecule has 0 aromatic heterocycles. The highest BCUT2D eigenvalue weighted by molar-refractivity contribution is 5.85. The number of hydrogen-bond donors (Lipinski definition) is 5. The van der Waals surface area contributed by atoms with E-state index in [4.69, 9.17) is 9.47 Å². The Labute approximate surface area is 216 Å². The van der Waals surface area contributed by atoms with Gasteiger partial charge in [-0.25, -0.2) is 0 Å². The second-order valence-corrected chi connectivity index (χ2v) is 10.1. The van der Waals surface area contributed by atoms with E-state index in [0.717, 1.165) is 64.1 Å². The van der Waals surface area contributed by atoms with Gasteiger partial charge in [0.25, 0.3) is 0 Å². The zero-order valence-corrected chi connectivity index (χ0v) is 23.5. The smallest absolute Gasteiger partial charge is 0.0897 e. The Balaban J connectivity index is 0. The van der Waals surface area contributed by atoms with Crippen molar-refractivity contribution in [1.82, 2.24) is 16.0 Å². The third-order valence-corrected chi connectivity index (χ3v) is 5.48. The number of halogens is 1. The number of unbranched alkanes of at least 4 members (excludes halogenated alkanes) is 4. The fourth-order valence-corrected chi connectivity index (χ4v) is 3.44. The maximum atomic E-state index is 9.93. The van der Waals surface area contributed by atoms with Gasteiger partial charge < -0.3 is 35.6 Å². The largest absolute Gasteiger partial charge is 0.389 e. The fraction of sp³-hybridized carbons (Fsp3) is 1.00. The van der Waals surface area contributed by atoms with Crippen LogP contribution in [0.4, 0.5) is 0 Å². The highest BCUT2D eigenvalue weighted by Crippen LogP contribution is 2.08. The predicted molar refractivity (Wildman–Crippen MR) is 146 cm³/mol. The van der Waals surface area contributed by atoms with E-state index in [1.807, 2.05) is 0 Å². The lowest BCUT2D eigenvalue weighted by Gasteiger charge is -2.14. The number of ether oxygens (including phenoxy) is 2. The lowest BCUT2D eigenvalue weighted by atomic mass is 10.1. The highest BCUT2D eigenvalue weighted by Gasteiger charge is 2.05. The van der Waals surface area contributed by atoms with Crippen molar-refractivity contribution < 1.29 is 19.7 Å². The molecule has 0 heterocycles. The Morgan fingerprint density at radius 1 is 0.559 bits per heavy atom. The van der Waals surface area contributed by atoms with Crippen LogP contribution in [0.15, 0.2) is 0 Å². The van der Waals surface area contributed by atoms with Crippen LogP contribution in [0.5, 0.6) is 0 Å². The van der Waals surface area contributed by atoms with Gasteiger partial charge in [-0.2, -0.15) is 0 Å². The minimum Gasteiger partial charge on any atom is -0.389 e. The van der Waals surface area contributed by atoms with Gasteiger partial charge in [0.05, 0.1) is 25.4 Å². The van der Waals surface area contributed by atoms with E-state index >= 15 is 0 Å². The van der Waals surface area contributed by atoms with Crippen LogP contribution in [-0.2, 0) is 9.47 Å². The Kier molecular flexibility index (Phi) is 29.4. The van der Waals surface area contributed by atoms with Gasteiger partial charge in [0, 0.05) is 52.5 Å². The van der Waals surface area contributed by atoms with Gasteiger partial charge in [0.2, 0.25) is 0 Å². The first-order chi connectivity index (χ1) is 15.9. The van der Waals surface area contributed by atoms with E-state index < -0.39 is 12.2 Å². The van der Waals surface area contributed by atoms with Crippen LogP contribution < -0.4 is 16.0 Å². The van der Waals surface area contributed by atoms with Gasteiger partial charge in [-0.3, -0.25) is 0 Å². The molecule has 2 atom stereocenters. The molecule has 0 aliphatic heterocycles. The van der Waals surface area contributed by atoms with E-state index in [0.29, 0.717) is 26.3 Å². The average Bonchev–Trinajstić information content (AvgIpc) is 2.76. The maximum Gasteiger partial charge on any atom is 0.0897 e. The Hall–Kier alpha value is 0.01000. The topological polar surface area (TPSA) is 95.0 Å². The molecule has 0 rings (SSSR count). The molecule has 7 nitrogen and oxygen atoms in total. The summed E-state index contributed by atoms with van der Waals surface area (Å²) in [6, 6.07) is 0. The zero-order chi connectivity index (χ0) is 24.6. The summed E-state index contributed by atoms with van der Waals surface area (Å²) in [5, 5.41) is 29.7. The Morgan fingerprint density at radius 3 is 1.32 bits per heavy atom. The summed E-state index contributed by atoms with van der Waals surface area (Å²) in [7, 11) is 0. The van der Waals surface area contributed by atoms with Crippen molar-refractivity contribution in [2.75, 3.05) is 65.7 Å². The zero-order valence-electron chi connectivity index (χ0n) is 22.7. The summed E-state index contributed by atoms with van der Waals surface area (Å²) in [6.07, 6.45) is 8.76. The van der Waals surface area contributed by atoms with E-state index in [-0.39, 0.29) is 12.4 Å². The van der Waals surface area contributed by atoms with Crippen LogP contribution in [0.2, 0.25) is 0 Å². The third-order valence-electron chi connectivity index (χ3n) is 5.48. The molecule has 5 N–H and O–H groups in total. The van der Waals surface area contributed by atoms with Crippen molar-refractivity contribution in [3.05, 3.63) is 0 Å².